The minimum absolute atomic E-state index is 0.876. The van der Waals surface area contributed by atoms with Crippen LogP contribution in [0.25, 0.3) is 0 Å². The number of aliphatic hydroxyl groups excluding tert-OH is 31. The first-order valence-corrected chi connectivity index (χ1v) is 46.9. The number of carbonyl (C=O) groups excluding carboxylic acids is 5. The van der Waals surface area contributed by atoms with Gasteiger partial charge >= 0.3 is 0 Å². The van der Waals surface area contributed by atoms with Gasteiger partial charge in [0.1, 0.15) is 280 Å². The Morgan fingerprint density at radius 1 is 0.192 bits per heavy atom. The highest BCUT2D eigenvalue weighted by Crippen LogP contribution is 2.43. The Kier molecular flexibility index (Phi) is 42.8. The van der Waals surface area contributed by atoms with Crippen LogP contribution < -0.4 is 26.6 Å². The molecule has 0 aromatic carbocycles. The quantitative estimate of drug-likeness (QED) is 0.0275. The van der Waals surface area contributed by atoms with E-state index in [-0.39, 0.29) is 0 Å². The summed E-state index contributed by atoms with van der Waals surface area (Å²) in [6.07, 6.45) is -117. The molecule has 12 saturated heterocycles. The Bertz CT molecular complexity index is 4090. The molecule has 60 atom stereocenters. The Morgan fingerprint density at radius 2 is 0.445 bits per heavy atom. The first-order valence-electron chi connectivity index (χ1n) is 46.9. The number of amides is 5. The van der Waals surface area contributed by atoms with Crippen LogP contribution in [0.15, 0.2) is 0 Å². The molecular formula is C82H137N5O59. The maximum Gasteiger partial charge on any atom is 0.217 e. The molecule has 5 amide bonds. The summed E-state index contributed by atoms with van der Waals surface area (Å²) in [6.45, 7) is -4.61. The van der Waals surface area contributed by atoms with Crippen LogP contribution in [0.5, 0.6) is 0 Å². The van der Waals surface area contributed by atoms with Crippen molar-refractivity contribution in [2.75, 3.05) is 66.1 Å². The zero-order valence-corrected chi connectivity index (χ0v) is 79.0. The van der Waals surface area contributed by atoms with E-state index in [0.29, 0.717) is 0 Å². The maximum atomic E-state index is 13.8. The van der Waals surface area contributed by atoms with E-state index in [2.05, 4.69) is 26.6 Å². The lowest BCUT2D eigenvalue weighted by atomic mass is 9.93. The average molecular weight is 2140 g/mol. The third kappa shape index (κ3) is 26.4. The molecule has 0 bridgehead atoms. The SMILES string of the molecule is CC(=O)N[C@@H]1[C@H](O[C@@H]2[C@@H](O[C@@H]3[C@H](O)[C@H](O[C@H]4[C@H](O)[C@@H](NC(C)=O)[C@H](O[C@H]5[C@H](O)[C@@H](NC(C)=O)C(O)O[C@@H]5CO[C@@H]5O[C@@H](C)[C@@H](O)[C@@H](O)[C@@H]5O)O[C@@H]4CO)O[C@H](CO[C@H]4O[C@H](CO)[C@@H](O)[C@H](O)[C@@H]4O[C@@H]4O[C@H](CO)[C@@H](O[C@@H]5O[C@H](CO)[C@H](O)[C@H](O[C@H]6O[C@H](CO)[C@H](O)[C@H](O)[C@H]6O)[C@H]5O)[C@H](O)[C@H]4NC(C)=O)[C@H]3O)O[C@H](CO)[C@@H](O)[C@@H]2O)O[C@H](CO)[C@@H](O[C@@H]2O[C@H](CO)[C@H](O)[C@H](O)[C@H]2NC(C)=O)[C@@H]1O[C@@H]1O[C@@H](C)[C@@H](O)[C@@H](O)[C@@H]1O. The summed E-state index contributed by atoms with van der Waals surface area (Å²) in [6, 6.07) is -9.92. The number of carbonyl (C=O) groups is 5. The Hall–Kier alpha value is -4.81. The largest absolute Gasteiger partial charge is 0.394 e. The summed E-state index contributed by atoms with van der Waals surface area (Å²) in [4.78, 5) is 65.8. The van der Waals surface area contributed by atoms with E-state index in [0.717, 1.165) is 34.6 Å². The van der Waals surface area contributed by atoms with Crippen molar-refractivity contribution in [3.05, 3.63) is 0 Å². The second-order valence-electron chi connectivity index (χ2n) is 37.3. The number of rotatable bonds is 37. The number of aliphatic hydroxyl groups is 31. The minimum Gasteiger partial charge on any atom is -0.394 e. The zero-order chi connectivity index (χ0) is 107. The van der Waals surface area contributed by atoms with Crippen LogP contribution >= 0.6 is 0 Å². The van der Waals surface area contributed by atoms with Crippen LogP contribution in [-0.2, 0) is 133 Å². The molecule has 0 radical (unpaired) electrons. The van der Waals surface area contributed by atoms with Gasteiger partial charge in [-0.15, -0.1) is 0 Å². The molecule has 0 saturated carbocycles. The lowest BCUT2D eigenvalue weighted by Gasteiger charge is -2.52. The molecule has 844 valence electrons. The van der Waals surface area contributed by atoms with E-state index in [9.17, 15) is 182 Å². The maximum absolute atomic E-state index is 13.8. The van der Waals surface area contributed by atoms with Gasteiger partial charge in [0.2, 0.25) is 29.5 Å². The van der Waals surface area contributed by atoms with Crippen LogP contribution in [0.4, 0.5) is 0 Å². The molecule has 12 heterocycles. The van der Waals surface area contributed by atoms with Crippen LogP contribution in [0.2, 0.25) is 0 Å². The highest BCUT2D eigenvalue weighted by molar-refractivity contribution is 5.75. The Labute approximate surface area is 827 Å². The predicted octanol–water partition coefficient (Wildman–Crippen LogP) is -24.4. The standard InChI is InChI=1S/C82H137N5O59/c1-18-40(101)52(113)57(118)76(126-18)124-17-34-64(49(110)35(71(123)128-34)83-20(3)96)138-73-37(85-22(5)98)50(111)63(30(13-93)134-73)140-80-61(122)68(144-82-70(56(117)45(106)28(11-91)133-82)146-75-39(87-24(7)100)66(142-77-58(119)53(114)41(102)19(2)127-77)65(32(15-95)136-75)141-72-36(84-21(4)97)48(109)42(103)25(8-88)129-72)47(108)33(137-80)16-125-81-69(55(116)44(105)27(10-90)132-81)145-74-38(86-23(6)99)51(112)62(31(14-94)135-74)139-79-60(121)67(46(107)29(12-92)131-79)143-78-59(120)54(115)43(104)26(9-89)130-78/h18-19,25-82,88-95,101-123H,8-17H2,1-7H3,(H,83,96)(H,84,97)(H,85,98)(H,86,99)(H,87,100)/t18-,19-,25+,26+,27+,28+,29+,30+,31+,32+,33+,34+,35+,36+,37+,38+,39-,40+,41+,42-,43-,44+,45+,46-,47+,48+,49+,50+,51+,52+,53+,54-,55-,56-,57-,58-,59+,60+,61-,62+,63+,64+,65+,66+,67-,68-,69-,70-,71?,72-,73-,74-,75-,76+,77-,78+,79-,80-,81-,82+/m0/s1. The molecule has 0 aromatic rings. The van der Waals surface area contributed by atoms with Gasteiger partial charge in [-0.05, 0) is 13.8 Å². The van der Waals surface area contributed by atoms with Crippen molar-refractivity contribution >= 4 is 29.5 Å². The first kappa shape index (κ1) is 120. The van der Waals surface area contributed by atoms with E-state index in [1.165, 1.54) is 13.8 Å². The summed E-state index contributed by atoms with van der Waals surface area (Å²) >= 11 is 0. The van der Waals surface area contributed by atoms with E-state index >= 15 is 0 Å². The Balaban J connectivity index is 0.893. The fourth-order valence-corrected chi connectivity index (χ4v) is 19.1. The van der Waals surface area contributed by atoms with Crippen molar-refractivity contribution in [1.29, 1.82) is 0 Å². The van der Waals surface area contributed by atoms with Gasteiger partial charge in [-0.2, -0.15) is 0 Å². The highest BCUT2D eigenvalue weighted by atomic mass is 16.8. The van der Waals surface area contributed by atoms with Crippen LogP contribution in [0.1, 0.15) is 48.5 Å². The molecule has 64 heteroatoms. The summed E-state index contributed by atoms with van der Waals surface area (Å²) in [5.74, 6) is -4.90. The van der Waals surface area contributed by atoms with Gasteiger partial charge in [0, 0.05) is 34.6 Å². The molecule has 12 aliphatic heterocycles. The molecule has 36 N–H and O–H groups in total. The molecule has 12 fully saturated rings. The fourth-order valence-electron chi connectivity index (χ4n) is 19.1. The second kappa shape index (κ2) is 52.2. The van der Waals surface area contributed by atoms with Crippen LogP contribution in [-0.4, -0.2) is 622 Å². The molecular weight excluding hydrogens is 2000 g/mol. The minimum atomic E-state index is -2.74. The van der Waals surface area contributed by atoms with Gasteiger partial charge in [-0.25, -0.2) is 0 Å². The van der Waals surface area contributed by atoms with Gasteiger partial charge in [0.25, 0.3) is 0 Å². The number of ether oxygens (including phenoxy) is 23. The molecule has 1 unspecified atom stereocenters. The van der Waals surface area contributed by atoms with Gasteiger partial charge in [-0.1, -0.05) is 0 Å². The number of nitrogens with one attached hydrogen (secondary N) is 5. The third-order valence-electron chi connectivity index (χ3n) is 27.0. The molecule has 0 spiro atoms. The summed E-state index contributed by atoms with van der Waals surface area (Å²) in [5.41, 5.74) is 0. The molecule has 12 aliphatic rings. The van der Waals surface area contributed by atoms with Gasteiger partial charge in [0.15, 0.2) is 75.5 Å². The van der Waals surface area contributed by atoms with E-state index in [4.69, 9.17) is 109 Å². The van der Waals surface area contributed by atoms with Crippen molar-refractivity contribution in [2.24, 2.45) is 0 Å². The third-order valence-corrected chi connectivity index (χ3v) is 27.0. The van der Waals surface area contributed by atoms with Gasteiger partial charge in [-0.3, -0.25) is 24.0 Å². The van der Waals surface area contributed by atoms with Crippen LogP contribution in [0.3, 0.4) is 0 Å². The van der Waals surface area contributed by atoms with E-state index < -0.39 is 464 Å². The molecule has 146 heavy (non-hydrogen) atoms. The predicted molar refractivity (Wildman–Crippen MR) is 450 cm³/mol. The topological polar surface area (TPSA) is 985 Å². The lowest BCUT2D eigenvalue weighted by Crippen LogP contribution is -2.72. The molecule has 0 aromatic heterocycles. The van der Waals surface area contributed by atoms with Crippen molar-refractivity contribution in [2.45, 2.75) is 417 Å². The average Bonchev–Trinajstić information content (AvgIpc) is 0.758. The monoisotopic (exact) mass is 2140 g/mol. The second-order valence-corrected chi connectivity index (χ2v) is 37.3. The zero-order valence-electron chi connectivity index (χ0n) is 79.0. The van der Waals surface area contributed by atoms with Gasteiger partial charge in [0.05, 0.1) is 78.3 Å². The smallest absolute Gasteiger partial charge is 0.217 e. The van der Waals surface area contributed by atoms with E-state index in [1.807, 2.05) is 0 Å². The number of hydrogen-bond acceptors (Lipinski definition) is 59. The van der Waals surface area contributed by atoms with Crippen molar-refractivity contribution in [3.8, 4) is 0 Å². The van der Waals surface area contributed by atoms with E-state index in [1.54, 1.807) is 0 Å². The molecule has 0 aliphatic carbocycles. The summed E-state index contributed by atoms with van der Waals surface area (Å²) in [7, 11) is 0. The van der Waals surface area contributed by atoms with Gasteiger partial charge < -0.3 is 294 Å². The summed E-state index contributed by atoms with van der Waals surface area (Å²) in [5, 5.41) is 363. The molecule has 64 nitrogen and oxygen atoms in total. The number of hydrogen-bond donors (Lipinski definition) is 36. The lowest BCUT2D eigenvalue weighted by molar-refractivity contribution is -0.402. The summed E-state index contributed by atoms with van der Waals surface area (Å²) < 4.78 is 139. The molecule has 12 rings (SSSR count). The Morgan fingerprint density at radius 3 is 0.890 bits per heavy atom. The first-order chi connectivity index (χ1) is 69.0. The van der Waals surface area contributed by atoms with Crippen molar-refractivity contribution in [1.82, 2.24) is 26.6 Å². The van der Waals surface area contributed by atoms with Crippen LogP contribution in [0, 0.1) is 0 Å². The highest BCUT2D eigenvalue weighted by Gasteiger charge is 2.64. The normalized spacial score (nSPS) is 49.8. The van der Waals surface area contributed by atoms with Crippen molar-refractivity contribution in [3.63, 3.8) is 0 Å². The fraction of sp³-hybridized carbons (Fsp3) is 0.939. The van der Waals surface area contributed by atoms with Crippen molar-refractivity contribution < 1.29 is 291 Å².